The number of aromatic amines is 1. The summed E-state index contributed by atoms with van der Waals surface area (Å²) >= 11 is 14.1. The second-order valence-electron chi connectivity index (χ2n) is 7.65. The van der Waals surface area contributed by atoms with E-state index in [1.54, 1.807) is 30.3 Å². The van der Waals surface area contributed by atoms with Crippen molar-refractivity contribution in [3.05, 3.63) is 109 Å². The summed E-state index contributed by atoms with van der Waals surface area (Å²) in [7, 11) is 0. The van der Waals surface area contributed by atoms with Crippen LogP contribution >= 0.6 is 34.5 Å². The number of nitrogens with zero attached hydrogens (tertiary/aromatic N) is 3. The Morgan fingerprint density at radius 2 is 1.85 bits per heavy atom. The number of rotatable bonds is 6. The van der Waals surface area contributed by atoms with Crippen molar-refractivity contribution >= 4 is 56.8 Å². The van der Waals surface area contributed by atoms with Crippen molar-refractivity contribution in [2.75, 3.05) is 0 Å². The number of nitrogens with one attached hydrogen (secondary N) is 1. The summed E-state index contributed by atoms with van der Waals surface area (Å²) in [5.41, 5.74) is 4.24. The summed E-state index contributed by atoms with van der Waals surface area (Å²) in [4.78, 5) is 19.7. The molecule has 0 saturated heterocycles. The molecule has 0 aliphatic heterocycles. The fraction of sp³-hybridized carbons (Fsp3) is 0.0800. The van der Waals surface area contributed by atoms with Crippen LogP contribution in [0, 0.1) is 10.1 Å². The van der Waals surface area contributed by atoms with Crippen molar-refractivity contribution < 1.29 is 4.92 Å². The standard InChI is InChI=1S/C25H18Cl2N4O2S/c26-17-9-10-19(20(27)13-17)24-15-34-25(29-22-7-3-4-8-23(22)31(32)33)30(24)12-11-16-14-28-21-6-2-1-5-18(16)21/h1-10,13-15,28H,11-12H2. The van der Waals surface area contributed by atoms with E-state index in [0.717, 1.165) is 23.2 Å². The summed E-state index contributed by atoms with van der Waals surface area (Å²) in [6.45, 7) is 0.610. The molecule has 6 nitrogen and oxygen atoms in total. The number of benzene rings is 3. The van der Waals surface area contributed by atoms with Gasteiger partial charge in [-0.25, -0.2) is 4.99 Å². The predicted octanol–water partition coefficient (Wildman–Crippen LogP) is 7.39. The molecule has 3 aromatic carbocycles. The van der Waals surface area contributed by atoms with Gasteiger partial charge < -0.3 is 9.55 Å². The SMILES string of the molecule is O=[N+]([O-])c1ccccc1N=c1scc(-c2ccc(Cl)cc2Cl)n1CCc1c[nH]c2ccccc12. The van der Waals surface area contributed by atoms with Gasteiger partial charge >= 0.3 is 0 Å². The van der Waals surface area contributed by atoms with E-state index in [1.807, 2.05) is 35.8 Å². The molecule has 0 amide bonds. The Balaban J connectivity index is 1.62. The van der Waals surface area contributed by atoms with Crippen molar-refractivity contribution in [2.45, 2.75) is 13.0 Å². The number of H-pyrrole nitrogens is 1. The molecule has 34 heavy (non-hydrogen) atoms. The van der Waals surface area contributed by atoms with Crippen LogP contribution < -0.4 is 4.80 Å². The van der Waals surface area contributed by atoms with Gasteiger partial charge in [0, 0.05) is 45.7 Å². The first-order valence-corrected chi connectivity index (χ1v) is 12.1. The number of aryl methyl sites for hydroxylation is 1. The van der Waals surface area contributed by atoms with E-state index in [9.17, 15) is 10.1 Å². The topological polar surface area (TPSA) is 76.2 Å². The lowest BCUT2D eigenvalue weighted by molar-refractivity contribution is -0.384. The maximum absolute atomic E-state index is 11.5. The van der Waals surface area contributed by atoms with Crippen LogP contribution in [0.15, 0.2) is 83.3 Å². The second-order valence-corrected chi connectivity index (χ2v) is 9.33. The molecular formula is C25H18Cl2N4O2S. The van der Waals surface area contributed by atoms with Gasteiger partial charge in [0.25, 0.3) is 5.69 Å². The quantitative estimate of drug-likeness (QED) is 0.191. The van der Waals surface area contributed by atoms with Crippen LogP contribution in [0.1, 0.15) is 5.56 Å². The van der Waals surface area contributed by atoms with Gasteiger partial charge in [0.15, 0.2) is 4.80 Å². The molecule has 0 saturated carbocycles. The molecule has 5 aromatic rings. The highest BCUT2D eigenvalue weighted by atomic mass is 35.5. The molecule has 9 heteroatoms. The van der Waals surface area contributed by atoms with Crippen LogP contribution in [-0.4, -0.2) is 14.5 Å². The lowest BCUT2D eigenvalue weighted by atomic mass is 10.1. The lowest BCUT2D eigenvalue weighted by Crippen LogP contribution is -2.17. The largest absolute Gasteiger partial charge is 0.361 e. The molecule has 0 unspecified atom stereocenters. The van der Waals surface area contributed by atoms with E-state index < -0.39 is 4.92 Å². The average Bonchev–Trinajstić information content (AvgIpc) is 3.42. The van der Waals surface area contributed by atoms with E-state index >= 15 is 0 Å². The van der Waals surface area contributed by atoms with Gasteiger partial charge in [-0.2, -0.15) is 0 Å². The molecule has 0 radical (unpaired) electrons. The molecule has 0 atom stereocenters. The molecule has 0 aliphatic carbocycles. The molecule has 1 N–H and O–H groups in total. The third kappa shape index (κ3) is 4.37. The van der Waals surface area contributed by atoms with E-state index in [1.165, 1.54) is 28.4 Å². The number of halogens is 2. The minimum absolute atomic E-state index is 0.0369. The Kier molecular flexibility index (Phi) is 6.24. The highest BCUT2D eigenvalue weighted by molar-refractivity contribution is 7.07. The molecule has 0 fully saturated rings. The van der Waals surface area contributed by atoms with Crippen molar-refractivity contribution in [3.8, 4) is 11.3 Å². The summed E-state index contributed by atoms with van der Waals surface area (Å²) in [5.74, 6) is 0. The Hall–Kier alpha value is -3.39. The summed E-state index contributed by atoms with van der Waals surface area (Å²) in [6, 6.07) is 20.0. The fourth-order valence-corrected chi connectivity index (χ4v) is 5.38. The van der Waals surface area contributed by atoms with Gasteiger partial charge in [-0.3, -0.25) is 10.1 Å². The van der Waals surface area contributed by atoms with E-state index in [-0.39, 0.29) is 5.69 Å². The Labute approximate surface area is 208 Å². The highest BCUT2D eigenvalue weighted by Crippen LogP contribution is 2.32. The number of hydrogen-bond acceptors (Lipinski definition) is 4. The zero-order valence-corrected chi connectivity index (χ0v) is 20.1. The smallest absolute Gasteiger partial charge is 0.294 e. The molecular weight excluding hydrogens is 491 g/mol. The normalized spacial score (nSPS) is 11.9. The number of para-hydroxylation sites is 3. The minimum atomic E-state index is -0.417. The first kappa shape index (κ1) is 22.4. The minimum Gasteiger partial charge on any atom is -0.361 e. The van der Waals surface area contributed by atoms with E-state index in [0.29, 0.717) is 27.1 Å². The van der Waals surface area contributed by atoms with Gasteiger partial charge in [-0.15, -0.1) is 11.3 Å². The van der Waals surface area contributed by atoms with Crippen molar-refractivity contribution in [1.29, 1.82) is 0 Å². The highest BCUT2D eigenvalue weighted by Gasteiger charge is 2.16. The zero-order chi connectivity index (χ0) is 23.7. The Morgan fingerprint density at radius 3 is 2.68 bits per heavy atom. The number of aromatic nitrogens is 2. The second kappa shape index (κ2) is 9.46. The van der Waals surface area contributed by atoms with Crippen LogP contribution in [-0.2, 0) is 13.0 Å². The molecule has 0 bridgehead atoms. The van der Waals surface area contributed by atoms with Crippen molar-refractivity contribution in [3.63, 3.8) is 0 Å². The number of nitro groups is 1. The number of fused-ring (bicyclic) bond motifs is 1. The maximum Gasteiger partial charge on any atom is 0.294 e. The number of thiazole rings is 1. The zero-order valence-electron chi connectivity index (χ0n) is 17.7. The van der Waals surface area contributed by atoms with Crippen LogP contribution in [0.5, 0.6) is 0 Å². The summed E-state index contributed by atoms with van der Waals surface area (Å²) < 4.78 is 2.05. The molecule has 2 aromatic heterocycles. The van der Waals surface area contributed by atoms with Crippen LogP contribution in [0.2, 0.25) is 10.0 Å². The van der Waals surface area contributed by atoms with Gasteiger partial charge in [0.2, 0.25) is 0 Å². The van der Waals surface area contributed by atoms with E-state index in [2.05, 4.69) is 20.6 Å². The number of nitro benzene ring substituents is 1. The summed E-state index contributed by atoms with van der Waals surface area (Å²) in [5, 5.41) is 15.7. The van der Waals surface area contributed by atoms with Crippen molar-refractivity contribution in [1.82, 2.24) is 9.55 Å². The van der Waals surface area contributed by atoms with Crippen LogP contribution in [0.3, 0.4) is 0 Å². The first-order valence-electron chi connectivity index (χ1n) is 10.5. The molecule has 0 spiro atoms. The van der Waals surface area contributed by atoms with Crippen LogP contribution in [0.4, 0.5) is 11.4 Å². The Bertz CT molecular complexity index is 1590. The Morgan fingerprint density at radius 1 is 1.06 bits per heavy atom. The molecule has 170 valence electrons. The van der Waals surface area contributed by atoms with Gasteiger partial charge in [-0.05, 0) is 42.3 Å². The third-order valence-electron chi connectivity index (χ3n) is 5.58. The lowest BCUT2D eigenvalue weighted by Gasteiger charge is -2.11. The van der Waals surface area contributed by atoms with Gasteiger partial charge in [0.05, 0.1) is 15.6 Å². The van der Waals surface area contributed by atoms with Gasteiger partial charge in [0.1, 0.15) is 5.69 Å². The third-order valence-corrected chi connectivity index (χ3v) is 6.99. The molecule has 2 heterocycles. The maximum atomic E-state index is 11.5. The first-order chi connectivity index (χ1) is 16.5. The molecule has 0 aliphatic rings. The predicted molar refractivity (Wildman–Crippen MR) is 138 cm³/mol. The van der Waals surface area contributed by atoms with Crippen LogP contribution in [0.25, 0.3) is 22.2 Å². The van der Waals surface area contributed by atoms with Gasteiger partial charge in [-0.1, -0.05) is 53.5 Å². The van der Waals surface area contributed by atoms with E-state index in [4.69, 9.17) is 23.2 Å². The summed E-state index contributed by atoms with van der Waals surface area (Å²) in [6.07, 6.45) is 2.76. The monoisotopic (exact) mass is 508 g/mol. The molecule has 5 rings (SSSR count). The number of hydrogen-bond donors (Lipinski definition) is 1. The van der Waals surface area contributed by atoms with Crippen molar-refractivity contribution in [2.24, 2.45) is 4.99 Å². The fourth-order valence-electron chi connectivity index (χ4n) is 3.93. The average molecular weight is 509 g/mol.